The minimum Gasteiger partial charge on any atom is -0.497 e. The maximum atomic E-state index is 12.7. The van der Waals surface area contributed by atoms with E-state index in [1.165, 1.54) is 0 Å². The number of nitrogens with zero attached hydrogens (tertiary/aromatic N) is 1. The first-order valence-electron chi connectivity index (χ1n) is 9.93. The van der Waals surface area contributed by atoms with Crippen molar-refractivity contribution in [2.45, 2.75) is 19.3 Å². The molecule has 1 N–H and O–H groups in total. The van der Waals surface area contributed by atoms with E-state index in [0.29, 0.717) is 13.0 Å². The molecule has 2 aromatic carbocycles. The molecule has 0 saturated carbocycles. The highest BCUT2D eigenvalue weighted by Crippen LogP contribution is 2.26. The average molecular weight is 413 g/mol. The number of amides is 2. The lowest BCUT2D eigenvalue weighted by Gasteiger charge is -2.32. The maximum Gasteiger partial charge on any atom is 0.229 e. The highest BCUT2D eigenvalue weighted by molar-refractivity contribution is 7.98. The van der Waals surface area contributed by atoms with Gasteiger partial charge in [-0.15, -0.1) is 0 Å². The summed E-state index contributed by atoms with van der Waals surface area (Å²) in [6.45, 7) is 1.27. The van der Waals surface area contributed by atoms with Crippen molar-refractivity contribution in [3.05, 3.63) is 48.5 Å². The SMILES string of the molecule is COc1cccc(-c2ccc(NC(=O)[C@@H]3CCCN(C(=O)CCSC)C3)cc2)c1. The van der Waals surface area contributed by atoms with Gasteiger partial charge >= 0.3 is 0 Å². The van der Waals surface area contributed by atoms with Crippen LogP contribution in [0, 0.1) is 5.92 Å². The zero-order chi connectivity index (χ0) is 20.6. The Bertz CT molecular complexity index is 838. The molecule has 5 nitrogen and oxygen atoms in total. The number of hydrogen-bond donors (Lipinski definition) is 1. The van der Waals surface area contributed by atoms with E-state index < -0.39 is 0 Å². The van der Waals surface area contributed by atoms with Gasteiger partial charge < -0.3 is 15.0 Å². The third kappa shape index (κ3) is 5.76. The second-order valence-electron chi connectivity index (χ2n) is 7.22. The van der Waals surface area contributed by atoms with E-state index in [4.69, 9.17) is 4.74 Å². The molecule has 0 unspecified atom stereocenters. The van der Waals surface area contributed by atoms with E-state index in [2.05, 4.69) is 5.32 Å². The third-order valence-electron chi connectivity index (χ3n) is 5.22. The predicted octanol–water partition coefficient (Wildman–Crippen LogP) is 4.29. The van der Waals surface area contributed by atoms with Crippen LogP contribution in [0.15, 0.2) is 48.5 Å². The highest BCUT2D eigenvalue weighted by atomic mass is 32.2. The van der Waals surface area contributed by atoms with Crippen LogP contribution in [0.4, 0.5) is 5.69 Å². The van der Waals surface area contributed by atoms with Gasteiger partial charge in [-0.3, -0.25) is 9.59 Å². The van der Waals surface area contributed by atoms with E-state index in [1.807, 2.05) is 59.7 Å². The van der Waals surface area contributed by atoms with Crippen molar-refractivity contribution in [2.24, 2.45) is 5.92 Å². The predicted molar refractivity (Wildman–Crippen MR) is 119 cm³/mol. The topological polar surface area (TPSA) is 58.6 Å². The van der Waals surface area contributed by atoms with Crippen LogP contribution in [0.5, 0.6) is 5.75 Å². The normalized spacial score (nSPS) is 16.3. The fourth-order valence-corrected chi connectivity index (χ4v) is 3.94. The Morgan fingerprint density at radius 3 is 2.69 bits per heavy atom. The van der Waals surface area contributed by atoms with Gasteiger partial charge in [0.2, 0.25) is 11.8 Å². The van der Waals surface area contributed by atoms with Crippen molar-refractivity contribution in [3.8, 4) is 16.9 Å². The molecule has 1 aliphatic heterocycles. The molecule has 1 fully saturated rings. The summed E-state index contributed by atoms with van der Waals surface area (Å²) in [5, 5.41) is 3.01. The molecule has 1 aliphatic rings. The number of likely N-dealkylation sites (tertiary alicyclic amines) is 1. The van der Waals surface area contributed by atoms with E-state index in [9.17, 15) is 9.59 Å². The quantitative estimate of drug-likeness (QED) is 0.737. The van der Waals surface area contributed by atoms with Crippen LogP contribution in [-0.2, 0) is 9.59 Å². The molecule has 0 aliphatic carbocycles. The number of methoxy groups -OCH3 is 1. The van der Waals surface area contributed by atoms with Gasteiger partial charge in [-0.1, -0.05) is 24.3 Å². The molecule has 0 bridgehead atoms. The number of carbonyl (C=O) groups is 2. The number of anilines is 1. The molecular weight excluding hydrogens is 384 g/mol. The zero-order valence-corrected chi connectivity index (χ0v) is 17.8. The molecule has 6 heteroatoms. The molecule has 0 radical (unpaired) electrons. The number of benzene rings is 2. The fourth-order valence-electron chi connectivity index (χ4n) is 3.56. The number of ether oxygens (including phenoxy) is 1. The average Bonchev–Trinajstić information content (AvgIpc) is 2.78. The second kappa shape index (κ2) is 10.3. The highest BCUT2D eigenvalue weighted by Gasteiger charge is 2.28. The van der Waals surface area contributed by atoms with Gasteiger partial charge in [0.15, 0.2) is 0 Å². The molecule has 1 heterocycles. The molecule has 1 atom stereocenters. The fraction of sp³-hybridized carbons (Fsp3) is 0.391. The minimum absolute atomic E-state index is 0.0125. The Morgan fingerprint density at radius 1 is 1.17 bits per heavy atom. The Kier molecular flexibility index (Phi) is 7.58. The maximum absolute atomic E-state index is 12.7. The molecule has 154 valence electrons. The van der Waals surface area contributed by atoms with Crippen LogP contribution in [0.2, 0.25) is 0 Å². The molecular formula is C23H28N2O3S. The summed E-state index contributed by atoms with van der Waals surface area (Å²) < 4.78 is 5.28. The van der Waals surface area contributed by atoms with Gasteiger partial charge in [0.1, 0.15) is 5.75 Å². The van der Waals surface area contributed by atoms with Crippen LogP contribution in [-0.4, -0.2) is 48.9 Å². The number of nitrogens with one attached hydrogen (secondary N) is 1. The standard InChI is InChI=1S/C23H28N2O3S/c1-28-21-7-3-5-18(15-21)17-8-10-20(11-9-17)24-23(27)19-6-4-13-25(16-19)22(26)12-14-29-2/h3,5,7-11,15,19H,4,6,12-14,16H2,1-2H3,(H,24,27)/t19-/m1/s1. The number of thioether (sulfide) groups is 1. The van der Waals surface area contributed by atoms with E-state index in [0.717, 1.165) is 47.7 Å². The van der Waals surface area contributed by atoms with Crippen molar-refractivity contribution >= 4 is 29.3 Å². The lowest BCUT2D eigenvalue weighted by Crippen LogP contribution is -2.43. The van der Waals surface area contributed by atoms with Crippen LogP contribution < -0.4 is 10.1 Å². The van der Waals surface area contributed by atoms with Gasteiger partial charge in [0, 0.05) is 31.0 Å². The molecule has 1 saturated heterocycles. The Morgan fingerprint density at radius 2 is 1.97 bits per heavy atom. The molecule has 2 aromatic rings. The zero-order valence-electron chi connectivity index (χ0n) is 17.0. The summed E-state index contributed by atoms with van der Waals surface area (Å²) in [5.74, 6) is 1.63. The molecule has 3 rings (SSSR count). The smallest absolute Gasteiger partial charge is 0.229 e. The first-order chi connectivity index (χ1) is 14.1. The minimum atomic E-state index is -0.153. The van der Waals surface area contributed by atoms with Crippen molar-refractivity contribution in [1.29, 1.82) is 0 Å². The number of hydrogen-bond acceptors (Lipinski definition) is 4. The summed E-state index contributed by atoms with van der Waals surface area (Å²) in [7, 11) is 1.65. The lowest BCUT2D eigenvalue weighted by atomic mass is 9.96. The van der Waals surface area contributed by atoms with Crippen LogP contribution in [0.25, 0.3) is 11.1 Å². The van der Waals surface area contributed by atoms with Crippen molar-refractivity contribution in [3.63, 3.8) is 0 Å². The summed E-state index contributed by atoms with van der Waals surface area (Å²) in [6.07, 6.45) is 4.23. The third-order valence-corrected chi connectivity index (χ3v) is 5.83. The monoisotopic (exact) mass is 412 g/mol. The van der Waals surface area contributed by atoms with Gasteiger partial charge in [0.05, 0.1) is 13.0 Å². The van der Waals surface area contributed by atoms with Gasteiger partial charge in [0.25, 0.3) is 0 Å². The van der Waals surface area contributed by atoms with E-state index >= 15 is 0 Å². The van der Waals surface area contributed by atoms with Crippen molar-refractivity contribution in [1.82, 2.24) is 4.90 Å². The number of carbonyl (C=O) groups excluding carboxylic acids is 2. The van der Waals surface area contributed by atoms with E-state index in [-0.39, 0.29) is 17.7 Å². The van der Waals surface area contributed by atoms with Crippen LogP contribution in [0.1, 0.15) is 19.3 Å². The molecule has 0 spiro atoms. The number of rotatable bonds is 7. The van der Waals surface area contributed by atoms with Gasteiger partial charge in [-0.25, -0.2) is 0 Å². The van der Waals surface area contributed by atoms with Gasteiger partial charge in [-0.05, 0) is 54.5 Å². The Balaban J connectivity index is 1.59. The molecule has 0 aromatic heterocycles. The van der Waals surface area contributed by atoms with Crippen LogP contribution in [0.3, 0.4) is 0 Å². The number of piperidine rings is 1. The Labute approximate surface area is 176 Å². The Hall–Kier alpha value is -2.47. The first kappa shape index (κ1) is 21.2. The van der Waals surface area contributed by atoms with Gasteiger partial charge in [-0.2, -0.15) is 11.8 Å². The summed E-state index contributed by atoms with van der Waals surface area (Å²) >= 11 is 1.67. The lowest BCUT2D eigenvalue weighted by molar-refractivity contribution is -0.134. The summed E-state index contributed by atoms with van der Waals surface area (Å²) in [4.78, 5) is 26.8. The van der Waals surface area contributed by atoms with Crippen molar-refractivity contribution in [2.75, 3.05) is 37.5 Å². The summed E-state index contributed by atoms with van der Waals surface area (Å²) in [5.41, 5.74) is 2.89. The summed E-state index contributed by atoms with van der Waals surface area (Å²) in [6, 6.07) is 15.7. The first-order valence-corrected chi connectivity index (χ1v) is 11.3. The van der Waals surface area contributed by atoms with Crippen LogP contribution >= 0.6 is 11.8 Å². The molecule has 29 heavy (non-hydrogen) atoms. The molecule has 2 amide bonds. The second-order valence-corrected chi connectivity index (χ2v) is 8.21. The van der Waals surface area contributed by atoms with Crippen molar-refractivity contribution < 1.29 is 14.3 Å². The largest absolute Gasteiger partial charge is 0.497 e. The van der Waals surface area contributed by atoms with E-state index in [1.54, 1.807) is 18.9 Å².